The number of aliphatic hydroxyl groups excluding tert-OH is 1. The second-order valence-electron chi connectivity index (χ2n) is 2.80. The van der Waals surface area contributed by atoms with Crippen LogP contribution in [0.3, 0.4) is 0 Å². The van der Waals surface area contributed by atoms with Gasteiger partial charge in [-0.2, -0.15) is 5.48 Å². The van der Waals surface area contributed by atoms with Crippen LogP contribution in [0.2, 0.25) is 0 Å². The molecule has 0 aromatic heterocycles. The van der Waals surface area contributed by atoms with Crippen molar-refractivity contribution in [3.05, 3.63) is 35.9 Å². The first-order chi connectivity index (χ1) is 6.66. The van der Waals surface area contributed by atoms with Gasteiger partial charge in [-0.3, -0.25) is 4.79 Å². The van der Waals surface area contributed by atoms with Crippen molar-refractivity contribution in [1.29, 1.82) is 0 Å². The molecule has 5 heteroatoms. The molecule has 1 rings (SSSR count). The standard InChI is InChI=1S/C9H11NO4/c11-8(7(10-14)9(12)13)6-4-2-1-3-5-6/h1-5,7-8,10-11,14H,(H,12,13)/t7-,8?/m1/s1. The van der Waals surface area contributed by atoms with Gasteiger partial charge in [0.2, 0.25) is 0 Å². The lowest BCUT2D eigenvalue weighted by molar-refractivity contribution is -0.146. The number of benzene rings is 1. The Morgan fingerprint density at radius 2 is 1.86 bits per heavy atom. The van der Waals surface area contributed by atoms with Gasteiger partial charge in [0.15, 0.2) is 6.04 Å². The maximum Gasteiger partial charge on any atom is 0.326 e. The van der Waals surface area contributed by atoms with E-state index in [1.165, 1.54) is 0 Å². The van der Waals surface area contributed by atoms with E-state index in [-0.39, 0.29) is 0 Å². The maximum absolute atomic E-state index is 10.6. The average molecular weight is 197 g/mol. The van der Waals surface area contributed by atoms with Crippen molar-refractivity contribution in [3.8, 4) is 0 Å². The summed E-state index contributed by atoms with van der Waals surface area (Å²) in [4.78, 5) is 10.6. The molecule has 0 aliphatic rings. The van der Waals surface area contributed by atoms with Gasteiger partial charge in [0.25, 0.3) is 0 Å². The van der Waals surface area contributed by atoms with Crippen molar-refractivity contribution in [1.82, 2.24) is 5.48 Å². The highest BCUT2D eigenvalue weighted by Gasteiger charge is 2.26. The lowest BCUT2D eigenvalue weighted by Gasteiger charge is -2.17. The Labute approximate surface area is 80.6 Å². The van der Waals surface area contributed by atoms with E-state index in [9.17, 15) is 9.90 Å². The molecule has 5 nitrogen and oxygen atoms in total. The van der Waals surface area contributed by atoms with Crippen LogP contribution in [-0.4, -0.2) is 27.4 Å². The van der Waals surface area contributed by atoms with Crippen LogP contribution in [0.25, 0.3) is 0 Å². The molecule has 0 saturated heterocycles. The molecule has 2 atom stereocenters. The van der Waals surface area contributed by atoms with Crippen molar-refractivity contribution >= 4 is 5.97 Å². The molecule has 0 aliphatic heterocycles. The zero-order valence-electron chi connectivity index (χ0n) is 7.29. The van der Waals surface area contributed by atoms with Crippen LogP contribution >= 0.6 is 0 Å². The Hall–Kier alpha value is -1.43. The molecule has 0 radical (unpaired) electrons. The fourth-order valence-electron chi connectivity index (χ4n) is 1.10. The van der Waals surface area contributed by atoms with Crippen LogP contribution in [0.5, 0.6) is 0 Å². The molecule has 1 aromatic carbocycles. The minimum Gasteiger partial charge on any atom is -0.480 e. The van der Waals surface area contributed by atoms with E-state index in [1.54, 1.807) is 35.8 Å². The quantitative estimate of drug-likeness (QED) is 0.516. The molecule has 0 spiro atoms. The molecule has 0 saturated carbocycles. The molecular weight excluding hydrogens is 186 g/mol. The van der Waals surface area contributed by atoms with Crippen molar-refractivity contribution in [2.45, 2.75) is 12.1 Å². The first-order valence-corrected chi connectivity index (χ1v) is 4.02. The number of nitrogens with one attached hydrogen (secondary N) is 1. The highest BCUT2D eigenvalue weighted by molar-refractivity contribution is 5.74. The summed E-state index contributed by atoms with van der Waals surface area (Å²) in [5.41, 5.74) is 1.98. The normalized spacial score (nSPS) is 14.7. The first kappa shape index (κ1) is 10.6. The van der Waals surface area contributed by atoms with Crippen LogP contribution in [0.1, 0.15) is 11.7 Å². The number of hydroxylamine groups is 1. The zero-order chi connectivity index (χ0) is 10.6. The maximum atomic E-state index is 10.6. The molecule has 0 aliphatic carbocycles. The number of carboxylic acids is 1. The van der Waals surface area contributed by atoms with Gasteiger partial charge in [0.1, 0.15) is 6.10 Å². The molecule has 0 fully saturated rings. The Morgan fingerprint density at radius 3 is 2.29 bits per heavy atom. The predicted molar refractivity (Wildman–Crippen MR) is 47.7 cm³/mol. The summed E-state index contributed by atoms with van der Waals surface area (Å²) in [5.74, 6) is -1.32. The lowest BCUT2D eigenvalue weighted by atomic mass is 10.0. The summed E-state index contributed by atoms with van der Waals surface area (Å²) in [7, 11) is 0. The Kier molecular flexibility index (Phi) is 3.58. The fourth-order valence-corrected chi connectivity index (χ4v) is 1.10. The summed E-state index contributed by atoms with van der Waals surface area (Å²) in [6.07, 6.45) is -1.28. The third-order valence-corrected chi connectivity index (χ3v) is 1.86. The summed E-state index contributed by atoms with van der Waals surface area (Å²) in [6.45, 7) is 0. The van der Waals surface area contributed by atoms with E-state index in [1.807, 2.05) is 0 Å². The predicted octanol–water partition coefficient (Wildman–Crippen LogP) is 0.152. The molecule has 14 heavy (non-hydrogen) atoms. The van der Waals surface area contributed by atoms with Gasteiger partial charge in [-0.25, -0.2) is 0 Å². The number of aliphatic hydroxyl groups is 1. The van der Waals surface area contributed by atoms with Crippen LogP contribution in [0, 0.1) is 0 Å². The van der Waals surface area contributed by atoms with Crippen molar-refractivity contribution in [3.63, 3.8) is 0 Å². The van der Waals surface area contributed by atoms with Gasteiger partial charge in [-0.15, -0.1) is 0 Å². The Morgan fingerprint density at radius 1 is 1.29 bits per heavy atom. The molecule has 4 N–H and O–H groups in total. The number of aliphatic carboxylic acids is 1. The van der Waals surface area contributed by atoms with E-state index in [4.69, 9.17) is 10.3 Å². The van der Waals surface area contributed by atoms with E-state index >= 15 is 0 Å². The number of carboxylic acid groups (broad SMARTS) is 1. The van der Waals surface area contributed by atoms with Crippen LogP contribution < -0.4 is 5.48 Å². The Balaban J connectivity index is 2.83. The van der Waals surface area contributed by atoms with E-state index < -0.39 is 18.1 Å². The smallest absolute Gasteiger partial charge is 0.326 e. The number of carbonyl (C=O) groups is 1. The molecule has 76 valence electrons. The lowest BCUT2D eigenvalue weighted by Crippen LogP contribution is -2.39. The molecule has 1 aromatic rings. The fraction of sp³-hybridized carbons (Fsp3) is 0.222. The third kappa shape index (κ3) is 2.29. The molecule has 0 bridgehead atoms. The second kappa shape index (κ2) is 4.71. The van der Waals surface area contributed by atoms with E-state index in [2.05, 4.69) is 0 Å². The third-order valence-electron chi connectivity index (χ3n) is 1.86. The first-order valence-electron chi connectivity index (χ1n) is 4.02. The minimum atomic E-state index is -1.42. The van der Waals surface area contributed by atoms with Crippen LogP contribution in [0.4, 0.5) is 0 Å². The van der Waals surface area contributed by atoms with Gasteiger partial charge < -0.3 is 15.4 Å². The van der Waals surface area contributed by atoms with Crippen molar-refractivity contribution in [2.24, 2.45) is 0 Å². The summed E-state index contributed by atoms with van der Waals surface area (Å²) < 4.78 is 0. The van der Waals surface area contributed by atoms with E-state index in [0.29, 0.717) is 5.56 Å². The molecule has 1 unspecified atom stereocenters. The highest BCUT2D eigenvalue weighted by atomic mass is 16.5. The summed E-state index contributed by atoms with van der Waals surface area (Å²) in [6, 6.07) is 6.84. The topological polar surface area (TPSA) is 89.8 Å². The molecule has 0 amide bonds. The largest absolute Gasteiger partial charge is 0.480 e. The zero-order valence-corrected chi connectivity index (χ0v) is 7.29. The van der Waals surface area contributed by atoms with Crippen molar-refractivity contribution < 1.29 is 20.2 Å². The number of rotatable bonds is 4. The van der Waals surface area contributed by atoms with Crippen LogP contribution in [0.15, 0.2) is 30.3 Å². The SMILES string of the molecule is O=C(O)[C@H](NO)C(O)c1ccccc1. The summed E-state index contributed by atoms with van der Waals surface area (Å²) in [5, 5.41) is 26.7. The number of hydrogen-bond donors (Lipinski definition) is 4. The van der Waals surface area contributed by atoms with Crippen molar-refractivity contribution in [2.75, 3.05) is 0 Å². The minimum absolute atomic E-state index is 0.432. The Bertz CT molecular complexity index is 301. The van der Waals surface area contributed by atoms with Gasteiger partial charge in [-0.1, -0.05) is 30.3 Å². The highest BCUT2D eigenvalue weighted by Crippen LogP contribution is 2.15. The summed E-state index contributed by atoms with van der Waals surface area (Å²) >= 11 is 0. The number of hydrogen-bond acceptors (Lipinski definition) is 4. The van der Waals surface area contributed by atoms with Crippen LogP contribution in [-0.2, 0) is 4.79 Å². The monoisotopic (exact) mass is 197 g/mol. The molecule has 0 heterocycles. The van der Waals surface area contributed by atoms with E-state index in [0.717, 1.165) is 0 Å². The van der Waals surface area contributed by atoms with Gasteiger partial charge >= 0.3 is 5.97 Å². The van der Waals surface area contributed by atoms with Gasteiger partial charge in [0.05, 0.1) is 0 Å². The second-order valence-corrected chi connectivity index (χ2v) is 2.80. The molecular formula is C9H11NO4. The average Bonchev–Trinajstić information content (AvgIpc) is 2.19. The van der Waals surface area contributed by atoms with Gasteiger partial charge in [-0.05, 0) is 5.56 Å². The van der Waals surface area contributed by atoms with Gasteiger partial charge in [0, 0.05) is 0 Å².